The zero-order valence-corrected chi connectivity index (χ0v) is 19.1. The van der Waals surface area contributed by atoms with Crippen LogP contribution in [0.15, 0.2) is 36.7 Å². The lowest BCUT2D eigenvalue weighted by Gasteiger charge is -2.30. The van der Waals surface area contributed by atoms with Crippen molar-refractivity contribution in [2.45, 2.75) is 65.0 Å². The van der Waals surface area contributed by atoms with Gasteiger partial charge in [0.15, 0.2) is 11.5 Å². The Bertz CT molecular complexity index is 1120. The Kier molecular flexibility index (Phi) is 6.03. The van der Waals surface area contributed by atoms with E-state index in [2.05, 4.69) is 24.1 Å². The van der Waals surface area contributed by atoms with Gasteiger partial charge in [-0.2, -0.15) is 5.10 Å². The SMILES string of the molecule is CC(C)C1CCC(n2cc3cc(NC(=O)c4ncccc4F)c(C(C)(C)O)cc3n2)CC1. The predicted octanol–water partition coefficient (Wildman–Crippen LogP) is 5.44. The van der Waals surface area contributed by atoms with E-state index in [4.69, 9.17) is 5.10 Å². The van der Waals surface area contributed by atoms with Crippen molar-refractivity contribution in [2.75, 3.05) is 5.32 Å². The van der Waals surface area contributed by atoms with Crippen LogP contribution >= 0.6 is 0 Å². The molecule has 7 heteroatoms. The number of hydrogen-bond donors (Lipinski definition) is 2. The molecule has 3 aromatic rings. The molecule has 1 amide bonds. The smallest absolute Gasteiger partial charge is 0.277 e. The Hall–Kier alpha value is -2.80. The monoisotopic (exact) mass is 438 g/mol. The number of carbonyl (C=O) groups is 1. The zero-order chi connectivity index (χ0) is 23.0. The lowest BCUT2D eigenvalue weighted by molar-refractivity contribution is 0.0793. The van der Waals surface area contributed by atoms with Crippen LogP contribution in [0.3, 0.4) is 0 Å². The van der Waals surface area contributed by atoms with Crippen LogP contribution in [0.2, 0.25) is 0 Å². The van der Waals surface area contributed by atoms with E-state index in [0.717, 1.165) is 29.7 Å². The Labute approximate surface area is 187 Å². The van der Waals surface area contributed by atoms with Gasteiger partial charge in [0.25, 0.3) is 5.91 Å². The molecular weight excluding hydrogens is 407 g/mol. The Morgan fingerprint density at radius 3 is 2.59 bits per heavy atom. The second kappa shape index (κ2) is 8.62. The van der Waals surface area contributed by atoms with Gasteiger partial charge < -0.3 is 10.4 Å². The van der Waals surface area contributed by atoms with Gasteiger partial charge in [-0.15, -0.1) is 0 Å². The third-order valence-corrected chi connectivity index (χ3v) is 6.60. The second-order valence-electron chi connectivity index (χ2n) is 9.73. The van der Waals surface area contributed by atoms with Crippen LogP contribution in [0.4, 0.5) is 10.1 Å². The van der Waals surface area contributed by atoms with Gasteiger partial charge in [-0.25, -0.2) is 9.37 Å². The van der Waals surface area contributed by atoms with Crippen molar-refractivity contribution >= 4 is 22.5 Å². The molecule has 0 atom stereocenters. The van der Waals surface area contributed by atoms with Crippen molar-refractivity contribution in [3.8, 4) is 0 Å². The molecule has 2 heterocycles. The molecule has 0 aliphatic heterocycles. The minimum atomic E-state index is -1.22. The van der Waals surface area contributed by atoms with Crippen LogP contribution in [-0.2, 0) is 5.60 Å². The number of hydrogen-bond acceptors (Lipinski definition) is 4. The van der Waals surface area contributed by atoms with Gasteiger partial charge in [-0.05, 0) is 75.6 Å². The molecule has 0 spiro atoms. The van der Waals surface area contributed by atoms with Crippen LogP contribution in [0, 0.1) is 17.7 Å². The third-order valence-electron chi connectivity index (χ3n) is 6.60. The van der Waals surface area contributed by atoms with Crippen molar-refractivity contribution in [1.82, 2.24) is 14.8 Å². The number of amides is 1. The van der Waals surface area contributed by atoms with Gasteiger partial charge >= 0.3 is 0 Å². The number of carbonyl (C=O) groups excluding carboxylic acids is 1. The number of pyridine rings is 1. The molecule has 1 aromatic carbocycles. The Morgan fingerprint density at radius 1 is 1.25 bits per heavy atom. The summed E-state index contributed by atoms with van der Waals surface area (Å²) in [4.78, 5) is 16.5. The van der Waals surface area contributed by atoms with Gasteiger partial charge in [-0.3, -0.25) is 9.48 Å². The molecular formula is C25H31FN4O2. The molecule has 170 valence electrons. The summed E-state index contributed by atoms with van der Waals surface area (Å²) in [5, 5.41) is 19.1. The summed E-state index contributed by atoms with van der Waals surface area (Å²) in [6.45, 7) is 7.88. The quantitative estimate of drug-likeness (QED) is 0.556. The first-order valence-corrected chi connectivity index (χ1v) is 11.3. The van der Waals surface area contributed by atoms with E-state index in [9.17, 15) is 14.3 Å². The van der Waals surface area contributed by atoms with Gasteiger partial charge in [0.05, 0.1) is 17.2 Å². The fourth-order valence-corrected chi connectivity index (χ4v) is 4.65. The highest BCUT2D eigenvalue weighted by Gasteiger charge is 2.27. The molecule has 1 aliphatic carbocycles. The maximum atomic E-state index is 14.0. The minimum Gasteiger partial charge on any atom is -0.386 e. The van der Waals surface area contributed by atoms with Crippen LogP contribution in [0.1, 0.15) is 75.5 Å². The summed E-state index contributed by atoms with van der Waals surface area (Å²) >= 11 is 0. The van der Waals surface area contributed by atoms with E-state index in [1.165, 1.54) is 31.2 Å². The third kappa shape index (κ3) is 4.53. The topological polar surface area (TPSA) is 80.0 Å². The van der Waals surface area contributed by atoms with Crippen molar-refractivity contribution in [1.29, 1.82) is 0 Å². The molecule has 0 bridgehead atoms. The van der Waals surface area contributed by atoms with Crippen LogP contribution in [0.25, 0.3) is 10.9 Å². The first-order valence-electron chi connectivity index (χ1n) is 11.3. The maximum absolute atomic E-state index is 14.0. The van der Waals surface area contributed by atoms with Gasteiger partial charge in [-0.1, -0.05) is 13.8 Å². The fourth-order valence-electron chi connectivity index (χ4n) is 4.65. The Balaban J connectivity index is 1.65. The minimum absolute atomic E-state index is 0.285. The number of aromatic nitrogens is 3. The summed E-state index contributed by atoms with van der Waals surface area (Å²) in [5.74, 6) is 0.122. The summed E-state index contributed by atoms with van der Waals surface area (Å²) in [5.41, 5.74) is 0.187. The standard InChI is InChI=1S/C25H31FN4O2/c1-15(2)16-7-9-18(10-8-16)30-14-17-12-22(19(25(3,4)32)13-21(17)29-30)28-24(31)23-20(26)6-5-11-27-23/h5-6,11-16,18,32H,7-10H2,1-4H3,(H,28,31). The first-order chi connectivity index (χ1) is 15.1. The highest BCUT2D eigenvalue weighted by atomic mass is 19.1. The highest BCUT2D eigenvalue weighted by Crippen LogP contribution is 2.37. The largest absolute Gasteiger partial charge is 0.386 e. The number of nitrogens with zero attached hydrogens (tertiary/aromatic N) is 3. The average molecular weight is 439 g/mol. The number of rotatable bonds is 5. The average Bonchev–Trinajstić information content (AvgIpc) is 3.16. The predicted molar refractivity (Wildman–Crippen MR) is 123 cm³/mol. The number of benzene rings is 1. The first kappa shape index (κ1) is 22.4. The summed E-state index contributed by atoms with van der Waals surface area (Å²) in [6.07, 6.45) is 7.96. The summed E-state index contributed by atoms with van der Waals surface area (Å²) < 4.78 is 16.1. The van der Waals surface area contributed by atoms with Gasteiger partial charge in [0.1, 0.15) is 0 Å². The normalized spacial score (nSPS) is 19.5. The van der Waals surface area contributed by atoms with Gasteiger partial charge in [0.2, 0.25) is 0 Å². The summed E-state index contributed by atoms with van der Waals surface area (Å²) in [6, 6.07) is 6.58. The molecule has 1 fully saturated rings. The van der Waals surface area contributed by atoms with E-state index >= 15 is 0 Å². The number of nitrogens with one attached hydrogen (secondary N) is 1. The van der Waals surface area contributed by atoms with Crippen LogP contribution in [0.5, 0.6) is 0 Å². The van der Waals surface area contributed by atoms with E-state index in [0.29, 0.717) is 23.2 Å². The van der Waals surface area contributed by atoms with Gasteiger partial charge in [0, 0.05) is 29.0 Å². The van der Waals surface area contributed by atoms with Crippen molar-refractivity contribution in [2.24, 2.45) is 11.8 Å². The van der Waals surface area contributed by atoms with E-state index in [1.54, 1.807) is 26.0 Å². The molecule has 6 nitrogen and oxygen atoms in total. The van der Waals surface area contributed by atoms with Crippen LogP contribution < -0.4 is 5.32 Å². The number of fused-ring (bicyclic) bond motifs is 1. The number of halogens is 1. The maximum Gasteiger partial charge on any atom is 0.277 e. The lowest BCUT2D eigenvalue weighted by Crippen LogP contribution is -2.22. The molecule has 0 saturated heterocycles. The molecule has 2 aromatic heterocycles. The van der Waals surface area contributed by atoms with Crippen LogP contribution in [-0.4, -0.2) is 25.8 Å². The molecule has 4 rings (SSSR count). The molecule has 0 radical (unpaired) electrons. The lowest BCUT2D eigenvalue weighted by atomic mass is 9.80. The highest BCUT2D eigenvalue weighted by molar-refractivity contribution is 6.04. The second-order valence-corrected chi connectivity index (χ2v) is 9.73. The van der Waals surface area contributed by atoms with Crippen molar-refractivity contribution in [3.63, 3.8) is 0 Å². The van der Waals surface area contributed by atoms with Crippen molar-refractivity contribution in [3.05, 3.63) is 53.7 Å². The number of aliphatic hydroxyl groups is 1. The number of anilines is 1. The zero-order valence-electron chi connectivity index (χ0n) is 19.1. The fraction of sp³-hybridized carbons (Fsp3) is 0.480. The van der Waals surface area contributed by atoms with E-state index in [-0.39, 0.29) is 5.69 Å². The van der Waals surface area contributed by atoms with E-state index < -0.39 is 17.3 Å². The Morgan fingerprint density at radius 2 is 1.97 bits per heavy atom. The molecule has 1 saturated carbocycles. The van der Waals surface area contributed by atoms with Crippen molar-refractivity contribution < 1.29 is 14.3 Å². The van der Waals surface area contributed by atoms with E-state index in [1.807, 2.05) is 10.9 Å². The molecule has 2 N–H and O–H groups in total. The molecule has 32 heavy (non-hydrogen) atoms. The summed E-state index contributed by atoms with van der Waals surface area (Å²) in [7, 11) is 0. The molecule has 1 aliphatic rings. The molecule has 0 unspecified atom stereocenters.